The molecule has 0 radical (unpaired) electrons. The van der Waals surface area contributed by atoms with Gasteiger partial charge in [0, 0.05) is 11.3 Å². The molecule has 2 bridgehead atoms. The Kier molecular flexibility index (Phi) is 3.49. The number of fused-ring (bicyclic) bond motifs is 5. The van der Waals surface area contributed by atoms with Gasteiger partial charge in [-0.25, -0.2) is 0 Å². The summed E-state index contributed by atoms with van der Waals surface area (Å²) in [6.07, 6.45) is 5.41. The van der Waals surface area contributed by atoms with Gasteiger partial charge in [-0.2, -0.15) is 0 Å². The lowest BCUT2D eigenvalue weighted by atomic mass is 9.70. The average molecular weight is 320 g/mol. The summed E-state index contributed by atoms with van der Waals surface area (Å²) in [5, 5.41) is 2.13. The largest absolute Gasteiger partial charge is 0.349 e. The molecule has 0 N–H and O–H groups in total. The van der Waals surface area contributed by atoms with Gasteiger partial charge in [-0.05, 0) is 53.4 Å². The standard InChI is InChI=1S/C19H28O2S/c1-5-14(15-7-6-10-22-15)20-16-11-12-13-8-9-19(4,17(12)21-16)18(13,2)3/h6-7,10,12-14,16-17H,5,8-9,11H2,1-4H3/t12-,13+,14+,16-,17-,19-/m0/s1. The topological polar surface area (TPSA) is 18.5 Å². The van der Waals surface area contributed by atoms with Crippen LogP contribution in [0.15, 0.2) is 17.5 Å². The first kappa shape index (κ1) is 15.2. The first-order valence-electron chi connectivity index (χ1n) is 8.81. The number of hydrogen-bond acceptors (Lipinski definition) is 3. The molecule has 3 fully saturated rings. The molecule has 1 aromatic heterocycles. The Bertz CT molecular complexity index is 538. The van der Waals surface area contributed by atoms with Crippen molar-refractivity contribution in [3.05, 3.63) is 22.4 Å². The molecular formula is C19H28O2S. The summed E-state index contributed by atoms with van der Waals surface area (Å²) in [5.74, 6) is 1.53. The van der Waals surface area contributed by atoms with Crippen LogP contribution in [-0.4, -0.2) is 12.4 Å². The van der Waals surface area contributed by atoms with E-state index in [0.717, 1.165) is 18.8 Å². The van der Waals surface area contributed by atoms with Crippen molar-refractivity contribution in [2.45, 2.75) is 71.9 Å². The lowest BCUT2D eigenvalue weighted by molar-refractivity contribution is -0.187. The molecule has 0 aromatic carbocycles. The quantitative estimate of drug-likeness (QED) is 0.739. The maximum atomic E-state index is 6.47. The fraction of sp³-hybridized carbons (Fsp3) is 0.789. The predicted octanol–water partition coefficient (Wildman–Crippen LogP) is 5.40. The van der Waals surface area contributed by atoms with E-state index >= 15 is 0 Å². The summed E-state index contributed by atoms with van der Waals surface area (Å²) in [7, 11) is 0. The van der Waals surface area contributed by atoms with Crippen molar-refractivity contribution in [1.82, 2.24) is 0 Å². The maximum absolute atomic E-state index is 6.47. The highest BCUT2D eigenvalue weighted by Crippen LogP contribution is 2.71. The van der Waals surface area contributed by atoms with E-state index in [0.29, 0.717) is 22.9 Å². The molecule has 122 valence electrons. The molecule has 2 nitrogen and oxygen atoms in total. The molecule has 2 heterocycles. The van der Waals surface area contributed by atoms with Crippen LogP contribution in [-0.2, 0) is 9.47 Å². The fourth-order valence-corrected chi connectivity index (χ4v) is 6.44. The Morgan fingerprint density at radius 3 is 2.86 bits per heavy atom. The van der Waals surface area contributed by atoms with Crippen molar-refractivity contribution in [2.24, 2.45) is 22.7 Å². The zero-order valence-electron chi connectivity index (χ0n) is 14.2. The number of ether oxygens (including phenoxy) is 2. The van der Waals surface area contributed by atoms with Gasteiger partial charge in [0.1, 0.15) is 0 Å². The number of thiophene rings is 1. The van der Waals surface area contributed by atoms with E-state index in [-0.39, 0.29) is 12.4 Å². The van der Waals surface area contributed by atoms with Gasteiger partial charge < -0.3 is 9.47 Å². The van der Waals surface area contributed by atoms with Gasteiger partial charge in [-0.3, -0.25) is 0 Å². The van der Waals surface area contributed by atoms with Gasteiger partial charge >= 0.3 is 0 Å². The minimum absolute atomic E-state index is 0.00178. The molecule has 0 spiro atoms. The summed E-state index contributed by atoms with van der Waals surface area (Å²) in [6.45, 7) is 9.58. The van der Waals surface area contributed by atoms with Crippen molar-refractivity contribution in [3.8, 4) is 0 Å². The van der Waals surface area contributed by atoms with E-state index in [1.165, 1.54) is 17.7 Å². The highest BCUT2D eigenvalue weighted by molar-refractivity contribution is 7.10. The molecule has 3 heteroatoms. The summed E-state index contributed by atoms with van der Waals surface area (Å²) in [6, 6.07) is 4.29. The van der Waals surface area contributed by atoms with Crippen LogP contribution < -0.4 is 0 Å². The molecule has 4 rings (SSSR count). The molecule has 1 aromatic rings. The SMILES string of the molecule is CC[C@@H](O[C@@H]1C[C@H]2[C@H]3CC[C@@](C)([C@H]2O1)C3(C)C)c1cccs1. The highest BCUT2D eigenvalue weighted by atomic mass is 32.1. The molecular weight excluding hydrogens is 292 g/mol. The van der Waals surface area contributed by atoms with E-state index in [1.54, 1.807) is 11.3 Å². The normalized spacial score (nSPS) is 43.5. The third-order valence-corrected chi connectivity index (χ3v) is 8.18. The number of hydrogen-bond donors (Lipinski definition) is 0. The molecule has 3 aliphatic rings. The third-order valence-electron chi connectivity index (χ3n) is 7.22. The first-order chi connectivity index (χ1) is 10.5. The Labute approximate surface area is 138 Å². The van der Waals surface area contributed by atoms with Gasteiger partial charge in [0.15, 0.2) is 6.29 Å². The van der Waals surface area contributed by atoms with Gasteiger partial charge in [0.05, 0.1) is 12.2 Å². The van der Waals surface area contributed by atoms with Crippen molar-refractivity contribution >= 4 is 11.3 Å². The minimum atomic E-state index is -0.00178. The van der Waals surface area contributed by atoms with Gasteiger partial charge in [0.2, 0.25) is 0 Å². The first-order valence-corrected chi connectivity index (χ1v) is 9.69. The zero-order chi connectivity index (χ0) is 15.5. The van der Waals surface area contributed by atoms with Crippen LogP contribution in [0.2, 0.25) is 0 Å². The van der Waals surface area contributed by atoms with Crippen molar-refractivity contribution in [1.29, 1.82) is 0 Å². The van der Waals surface area contributed by atoms with E-state index < -0.39 is 0 Å². The maximum Gasteiger partial charge on any atom is 0.159 e. The van der Waals surface area contributed by atoms with Crippen molar-refractivity contribution in [2.75, 3.05) is 0 Å². The van der Waals surface area contributed by atoms with Crippen molar-refractivity contribution < 1.29 is 9.47 Å². The predicted molar refractivity (Wildman–Crippen MR) is 89.8 cm³/mol. The third kappa shape index (κ3) is 1.91. The molecule has 2 saturated carbocycles. The minimum Gasteiger partial charge on any atom is -0.349 e. The van der Waals surface area contributed by atoms with Gasteiger partial charge in [0.25, 0.3) is 0 Å². The monoisotopic (exact) mass is 320 g/mol. The highest BCUT2D eigenvalue weighted by Gasteiger charge is 2.69. The Morgan fingerprint density at radius 1 is 1.41 bits per heavy atom. The van der Waals surface area contributed by atoms with Crippen LogP contribution in [0.1, 0.15) is 64.4 Å². The zero-order valence-corrected chi connectivity index (χ0v) is 15.0. The second-order valence-corrected chi connectivity index (χ2v) is 9.20. The van der Waals surface area contributed by atoms with Crippen molar-refractivity contribution in [3.63, 3.8) is 0 Å². The molecule has 22 heavy (non-hydrogen) atoms. The lowest BCUT2D eigenvalue weighted by Gasteiger charge is -2.38. The molecule has 0 unspecified atom stereocenters. The molecule has 1 aliphatic heterocycles. The molecule has 2 aliphatic carbocycles. The fourth-order valence-electron chi connectivity index (χ4n) is 5.59. The van der Waals surface area contributed by atoms with Crippen LogP contribution in [0.3, 0.4) is 0 Å². The summed E-state index contributed by atoms with van der Waals surface area (Å²) >= 11 is 1.79. The average Bonchev–Trinajstić information content (AvgIpc) is 3.19. The van der Waals surface area contributed by atoms with Crippen LogP contribution >= 0.6 is 11.3 Å². The van der Waals surface area contributed by atoms with Gasteiger partial charge in [-0.1, -0.05) is 33.8 Å². The molecule has 1 saturated heterocycles. The Hall–Kier alpha value is -0.380. The summed E-state index contributed by atoms with van der Waals surface area (Å²) in [4.78, 5) is 1.33. The van der Waals surface area contributed by atoms with Crippen LogP contribution in [0.25, 0.3) is 0 Å². The van der Waals surface area contributed by atoms with E-state index in [1.807, 2.05) is 0 Å². The second-order valence-electron chi connectivity index (χ2n) is 8.22. The number of rotatable bonds is 4. The van der Waals surface area contributed by atoms with Crippen LogP contribution in [0.4, 0.5) is 0 Å². The lowest BCUT2D eigenvalue weighted by Crippen LogP contribution is -2.38. The molecule has 6 atom stereocenters. The smallest absolute Gasteiger partial charge is 0.159 e. The molecule has 0 amide bonds. The Balaban J connectivity index is 1.49. The van der Waals surface area contributed by atoms with Crippen LogP contribution in [0.5, 0.6) is 0 Å². The Morgan fingerprint density at radius 2 is 2.23 bits per heavy atom. The second kappa shape index (κ2) is 5.06. The summed E-state index contributed by atoms with van der Waals surface area (Å²) in [5.41, 5.74) is 0.760. The van der Waals surface area contributed by atoms with Crippen LogP contribution in [0, 0.1) is 22.7 Å². The van der Waals surface area contributed by atoms with Gasteiger partial charge in [-0.15, -0.1) is 11.3 Å². The van der Waals surface area contributed by atoms with E-state index in [9.17, 15) is 0 Å². The summed E-state index contributed by atoms with van der Waals surface area (Å²) < 4.78 is 12.8. The van der Waals surface area contributed by atoms with E-state index in [4.69, 9.17) is 9.47 Å². The van der Waals surface area contributed by atoms with E-state index in [2.05, 4.69) is 45.2 Å².